The van der Waals surface area contributed by atoms with Crippen LogP contribution in [-0.2, 0) is 18.9 Å². The standard InChI is InChI=1S/C10H19NO4/c1-7-12-3-9(4-13-7)11-10-5-14-8(2)15-6-10/h7-11H,3-6H2,1-2H3. The van der Waals surface area contributed by atoms with Gasteiger partial charge < -0.3 is 24.3 Å². The van der Waals surface area contributed by atoms with Crippen molar-refractivity contribution in [1.29, 1.82) is 0 Å². The Morgan fingerprint density at radius 1 is 0.733 bits per heavy atom. The van der Waals surface area contributed by atoms with E-state index < -0.39 is 0 Å². The van der Waals surface area contributed by atoms with Crippen LogP contribution < -0.4 is 5.32 Å². The van der Waals surface area contributed by atoms with Crippen molar-refractivity contribution in [3.05, 3.63) is 0 Å². The molecule has 2 fully saturated rings. The first-order valence-corrected chi connectivity index (χ1v) is 5.46. The molecule has 2 rings (SSSR count). The second kappa shape index (κ2) is 5.23. The first-order valence-electron chi connectivity index (χ1n) is 5.46. The Morgan fingerprint density at radius 3 is 1.40 bits per heavy atom. The van der Waals surface area contributed by atoms with Gasteiger partial charge in [-0.2, -0.15) is 0 Å². The van der Waals surface area contributed by atoms with Gasteiger partial charge in [0.05, 0.1) is 38.5 Å². The highest BCUT2D eigenvalue weighted by Gasteiger charge is 2.25. The van der Waals surface area contributed by atoms with Crippen LogP contribution in [0, 0.1) is 0 Å². The smallest absolute Gasteiger partial charge is 0.154 e. The Hall–Kier alpha value is -0.200. The van der Waals surface area contributed by atoms with E-state index >= 15 is 0 Å². The highest BCUT2D eigenvalue weighted by Crippen LogP contribution is 2.08. The normalized spacial score (nSPS) is 42.8. The fourth-order valence-electron chi connectivity index (χ4n) is 1.72. The monoisotopic (exact) mass is 217 g/mol. The highest BCUT2D eigenvalue weighted by atomic mass is 16.7. The number of rotatable bonds is 2. The summed E-state index contributed by atoms with van der Waals surface area (Å²) in [6, 6.07) is 0.485. The maximum atomic E-state index is 5.39. The lowest BCUT2D eigenvalue weighted by Crippen LogP contribution is -2.53. The summed E-state index contributed by atoms with van der Waals surface area (Å²) in [5.41, 5.74) is 0. The van der Waals surface area contributed by atoms with Crippen molar-refractivity contribution >= 4 is 0 Å². The predicted octanol–water partition coefficient (Wildman–Crippen LogP) is 0.0988. The van der Waals surface area contributed by atoms with E-state index in [9.17, 15) is 0 Å². The van der Waals surface area contributed by atoms with Crippen LogP contribution in [0.15, 0.2) is 0 Å². The fourth-order valence-corrected chi connectivity index (χ4v) is 1.72. The average molecular weight is 217 g/mol. The molecule has 2 heterocycles. The molecule has 0 radical (unpaired) electrons. The molecule has 88 valence electrons. The summed E-state index contributed by atoms with van der Waals surface area (Å²) in [5.74, 6) is 0. The fraction of sp³-hybridized carbons (Fsp3) is 1.00. The summed E-state index contributed by atoms with van der Waals surface area (Å²) in [6.45, 7) is 6.57. The van der Waals surface area contributed by atoms with Crippen LogP contribution in [0.5, 0.6) is 0 Å². The average Bonchev–Trinajstić information content (AvgIpc) is 2.25. The first kappa shape index (κ1) is 11.3. The molecule has 0 aliphatic carbocycles. The van der Waals surface area contributed by atoms with Gasteiger partial charge >= 0.3 is 0 Å². The Labute approximate surface area is 90.0 Å². The molecule has 15 heavy (non-hydrogen) atoms. The maximum Gasteiger partial charge on any atom is 0.154 e. The summed E-state index contributed by atoms with van der Waals surface area (Å²) < 4.78 is 21.5. The zero-order valence-electron chi connectivity index (χ0n) is 9.27. The van der Waals surface area contributed by atoms with Crippen LogP contribution in [0.2, 0.25) is 0 Å². The number of ether oxygens (including phenoxy) is 4. The Balaban J connectivity index is 1.68. The molecule has 2 aliphatic rings. The summed E-state index contributed by atoms with van der Waals surface area (Å²) in [4.78, 5) is 0. The molecule has 2 aliphatic heterocycles. The minimum absolute atomic E-state index is 0.0815. The third-order valence-electron chi connectivity index (χ3n) is 2.60. The van der Waals surface area contributed by atoms with Gasteiger partial charge in [0, 0.05) is 0 Å². The second-order valence-electron chi connectivity index (χ2n) is 4.03. The van der Waals surface area contributed by atoms with Gasteiger partial charge in [0.15, 0.2) is 12.6 Å². The van der Waals surface area contributed by atoms with Crippen molar-refractivity contribution in [2.45, 2.75) is 38.5 Å². The van der Waals surface area contributed by atoms with Crippen molar-refractivity contribution in [2.75, 3.05) is 26.4 Å². The van der Waals surface area contributed by atoms with Gasteiger partial charge in [-0.15, -0.1) is 0 Å². The molecule has 2 saturated heterocycles. The van der Waals surface area contributed by atoms with Crippen molar-refractivity contribution in [1.82, 2.24) is 5.32 Å². The van der Waals surface area contributed by atoms with E-state index in [1.165, 1.54) is 0 Å². The molecule has 0 atom stereocenters. The van der Waals surface area contributed by atoms with Crippen LogP contribution in [0.1, 0.15) is 13.8 Å². The molecule has 0 unspecified atom stereocenters. The lowest BCUT2D eigenvalue weighted by atomic mass is 10.2. The molecule has 0 saturated carbocycles. The number of hydrogen-bond acceptors (Lipinski definition) is 5. The lowest BCUT2D eigenvalue weighted by molar-refractivity contribution is -0.197. The largest absolute Gasteiger partial charge is 0.351 e. The van der Waals surface area contributed by atoms with Crippen LogP contribution >= 0.6 is 0 Å². The zero-order valence-corrected chi connectivity index (χ0v) is 9.27. The predicted molar refractivity (Wildman–Crippen MR) is 53.4 cm³/mol. The number of hydrogen-bond donors (Lipinski definition) is 1. The Bertz CT molecular complexity index is 166. The summed E-state index contributed by atoms with van der Waals surface area (Å²) in [7, 11) is 0. The van der Waals surface area contributed by atoms with Gasteiger partial charge in [0.25, 0.3) is 0 Å². The van der Waals surface area contributed by atoms with Crippen LogP contribution in [-0.4, -0.2) is 51.1 Å². The molecular formula is C10H19NO4. The molecule has 0 aromatic heterocycles. The molecule has 5 nitrogen and oxygen atoms in total. The minimum atomic E-state index is -0.0815. The third kappa shape index (κ3) is 3.39. The molecule has 0 aromatic rings. The third-order valence-corrected chi connectivity index (χ3v) is 2.60. The van der Waals surface area contributed by atoms with Gasteiger partial charge in [-0.3, -0.25) is 0 Å². The topological polar surface area (TPSA) is 49.0 Å². The molecule has 0 bridgehead atoms. The van der Waals surface area contributed by atoms with Crippen molar-refractivity contribution in [2.24, 2.45) is 0 Å². The molecule has 0 amide bonds. The van der Waals surface area contributed by atoms with E-state index in [0.717, 1.165) is 0 Å². The van der Waals surface area contributed by atoms with E-state index in [1.54, 1.807) is 0 Å². The zero-order chi connectivity index (χ0) is 10.7. The summed E-state index contributed by atoms with van der Waals surface area (Å²) in [6.07, 6.45) is -0.163. The van der Waals surface area contributed by atoms with E-state index in [0.29, 0.717) is 26.4 Å². The Morgan fingerprint density at radius 2 is 1.07 bits per heavy atom. The molecule has 1 N–H and O–H groups in total. The van der Waals surface area contributed by atoms with Gasteiger partial charge in [-0.1, -0.05) is 0 Å². The number of nitrogens with one attached hydrogen (secondary N) is 1. The van der Waals surface area contributed by atoms with Crippen LogP contribution in [0.4, 0.5) is 0 Å². The van der Waals surface area contributed by atoms with Crippen LogP contribution in [0.3, 0.4) is 0 Å². The lowest BCUT2D eigenvalue weighted by Gasteiger charge is -2.34. The van der Waals surface area contributed by atoms with Crippen molar-refractivity contribution in [3.63, 3.8) is 0 Å². The quantitative estimate of drug-likeness (QED) is 0.711. The Kier molecular flexibility index (Phi) is 3.93. The minimum Gasteiger partial charge on any atom is -0.351 e. The van der Waals surface area contributed by atoms with Gasteiger partial charge in [0.2, 0.25) is 0 Å². The van der Waals surface area contributed by atoms with E-state index in [4.69, 9.17) is 18.9 Å². The van der Waals surface area contributed by atoms with E-state index in [2.05, 4.69) is 5.32 Å². The van der Waals surface area contributed by atoms with Gasteiger partial charge in [-0.05, 0) is 13.8 Å². The molecule has 5 heteroatoms. The van der Waals surface area contributed by atoms with Gasteiger partial charge in [0.1, 0.15) is 0 Å². The summed E-state index contributed by atoms with van der Waals surface area (Å²) >= 11 is 0. The van der Waals surface area contributed by atoms with Crippen molar-refractivity contribution in [3.8, 4) is 0 Å². The first-order chi connectivity index (χ1) is 7.24. The highest BCUT2D eigenvalue weighted by molar-refractivity contribution is 4.77. The summed E-state index contributed by atoms with van der Waals surface area (Å²) in [5, 5.41) is 3.40. The van der Waals surface area contributed by atoms with Crippen molar-refractivity contribution < 1.29 is 18.9 Å². The van der Waals surface area contributed by atoms with Crippen LogP contribution in [0.25, 0.3) is 0 Å². The molecule has 0 spiro atoms. The van der Waals surface area contributed by atoms with E-state index in [-0.39, 0.29) is 24.7 Å². The van der Waals surface area contributed by atoms with Gasteiger partial charge in [-0.25, -0.2) is 0 Å². The second-order valence-corrected chi connectivity index (χ2v) is 4.03. The molecule has 0 aromatic carbocycles. The SMILES string of the molecule is CC1OCC(NC2COC(C)OC2)CO1. The molecular weight excluding hydrogens is 198 g/mol. The maximum absolute atomic E-state index is 5.39. The van der Waals surface area contributed by atoms with E-state index in [1.807, 2.05) is 13.8 Å².